The predicted octanol–water partition coefficient (Wildman–Crippen LogP) is 3.93. The molecule has 116 valence electrons. The summed E-state index contributed by atoms with van der Waals surface area (Å²) in [6.07, 6.45) is 0. The van der Waals surface area contributed by atoms with Crippen LogP contribution in [0, 0.1) is 5.82 Å². The topological polar surface area (TPSA) is 82.6 Å². The molecular formula is C16H13FN4O2. The molecule has 7 heteroatoms. The van der Waals surface area contributed by atoms with Gasteiger partial charge in [0.25, 0.3) is 5.56 Å². The Morgan fingerprint density at radius 1 is 1.04 bits per heavy atom. The van der Waals surface area contributed by atoms with E-state index < -0.39 is 5.56 Å². The maximum atomic E-state index is 13.0. The molecular weight excluding hydrogens is 299 g/mol. The summed E-state index contributed by atoms with van der Waals surface area (Å²) < 4.78 is 18.1. The lowest BCUT2D eigenvalue weighted by molar-refractivity contribution is 0.415. The summed E-state index contributed by atoms with van der Waals surface area (Å²) in [6, 6.07) is 12.7. The van der Waals surface area contributed by atoms with Crippen LogP contribution in [0.2, 0.25) is 0 Å². The molecule has 0 aliphatic carbocycles. The lowest BCUT2D eigenvalue weighted by Crippen LogP contribution is -1.96. The van der Waals surface area contributed by atoms with Crippen molar-refractivity contribution < 1.29 is 9.13 Å². The first kappa shape index (κ1) is 14.7. The fourth-order valence-corrected chi connectivity index (χ4v) is 2.05. The fraction of sp³-hybridized carbons (Fsp3) is 0.0625. The van der Waals surface area contributed by atoms with Gasteiger partial charge in [0, 0.05) is 11.6 Å². The number of nitrogens with one attached hydrogen (secondary N) is 2. The monoisotopic (exact) mass is 312 g/mol. The van der Waals surface area contributed by atoms with Crippen molar-refractivity contribution in [1.29, 1.82) is 0 Å². The number of benzene rings is 2. The molecule has 3 aromatic rings. The van der Waals surface area contributed by atoms with Crippen LogP contribution in [0.1, 0.15) is 0 Å². The van der Waals surface area contributed by atoms with E-state index in [9.17, 15) is 9.18 Å². The average molecular weight is 312 g/mol. The molecule has 0 spiro atoms. The van der Waals surface area contributed by atoms with Gasteiger partial charge in [0.05, 0.1) is 18.5 Å². The smallest absolute Gasteiger partial charge is 0.292 e. The zero-order valence-corrected chi connectivity index (χ0v) is 12.2. The van der Waals surface area contributed by atoms with Crippen molar-refractivity contribution in [3.8, 4) is 17.0 Å². The molecule has 2 N–H and O–H groups in total. The highest BCUT2D eigenvalue weighted by atomic mass is 19.1. The minimum Gasteiger partial charge on any atom is -0.497 e. The number of aromatic amines is 2. The molecule has 0 fully saturated rings. The van der Waals surface area contributed by atoms with E-state index in [0.29, 0.717) is 22.7 Å². The van der Waals surface area contributed by atoms with Crippen LogP contribution in [0.5, 0.6) is 5.75 Å². The van der Waals surface area contributed by atoms with Gasteiger partial charge in [-0.1, -0.05) is 6.07 Å². The lowest BCUT2D eigenvalue weighted by Gasteiger charge is -2.00. The largest absolute Gasteiger partial charge is 0.497 e. The molecule has 0 aliphatic heterocycles. The second-order valence-corrected chi connectivity index (χ2v) is 4.71. The average Bonchev–Trinajstić information content (AvgIpc) is 2.94. The Morgan fingerprint density at radius 2 is 1.83 bits per heavy atom. The Morgan fingerprint density at radius 3 is 2.57 bits per heavy atom. The first-order valence-electron chi connectivity index (χ1n) is 6.80. The van der Waals surface area contributed by atoms with Crippen molar-refractivity contribution in [3.05, 3.63) is 64.7 Å². The van der Waals surface area contributed by atoms with Gasteiger partial charge in [-0.25, -0.2) is 4.39 Å². The van der Waals surface area contributed by atoms with Crippen molar-refractivity contribution in [2.75, 3.05) is 7.11 Å². The van der Waals surface area contributed by atoms with E-state index >= 15 is 0 Å². The molecule has 0 saturated carbocycles. The third-order valence-corrected chi connectivity index (χ3v) is 3.20. The summed E-state index contributed by atoms with van der Waals surface area (Å²) in [4.78, 5) is 11.9. The Balaban J connectivity index is 1.97. The zero-order valence-electron chi connectivity index (χ0n) is 12.2. The maximum Gasteiger partial charge on any atom is 0.292 e. The van der Waals surface area contributed by atoms with Crippen LogP contribution in [0.15, 0.2) is 63.6 Å². The number of H-pyrrole nitrogens is 2. The first-order valence-corrected chi connectivity index (χ1v) is 6.80. The zero-order chi connectivity index (χ0) is 16.2. The SMILES string of the molecule is COc1cccc(N=Nc2c(-c3ccc(F)cc3)[nH][nH]c2=O)c1. The highest BCUT2D eigenvalue weighted by molar-refractivity contribution is 5.71. The van der Waals surface area contributed by atoms with Gasteiger partial charge >= 0.3 is 0 Å². The van der Waals surface area contributed by atoms with Crippen LogP contribution in [0.3, 0.4) is 0 Å². The van der Waals surface area contributed by atoms with Gasteiger partial charge < -0.3 is 4.74 Å². The van der Waals surface area contributed by atoms with E-state index in [-0.39, 0.29) is 11.5 Å². The van der Waals surface area contributed by atoms with Crippen LogP contribution < -0.4 is 10.3 Å². The number of hydrogen-bond donors (Lipinski definition) is 2. The Labute approximate surface area is 130 Å². The Bertz CT molecular complexity index is 897. The quantitative estimate of drug-likeness (QED) is 0.715. The molecule has 0 unspecified atom stereocenters. The van der Waals surface area contributed by atoms with Crippen molar-refractivity contribution in [3.63, 3.8) is 0 Å². The number of methoxy groups -OCH3 is 1. The molecule has 0 radical (unpaired) electrons. The molecule has 0 amide bonds. The molecule has 23 heavy (non-hydrogen) atoms. The van der Waals surface area contributed by atoms with Gasteiger partial charge in [-0.05, 0) is 36.4 Å². The van der Waals surface area contributed by atoms with Crippen molar-refractivity contribution in [2.45, 2.75) is 0 Å². The third kappa shape index (κ3) is 3.18. The lowest BCUT2D eigenvalue weighted by atomic mass is 10.1. The Hall–Kier alpha value is -3.22. The van der Waals surface area contributed by atoms with Gasteiger partial charge in [0.2, 0.25) is 0 Å². The summed E-state index contributed by atoms with van der Waals surface area (Å²) in [5.41, 5.74) is 1.34. The number of nitrogens with zero attached hydrogens (tertiary/aromatic N) is 2. The molecule has 1 heterocycles. The number of azo groups is 1. The number of aromatic nitrogens is 2. The van der Waals surface area contributed by atoms with Crippen LogP contribution in [-0.2, 0) is 0 Å². The van der Waals surface area contributed by atoms with Gasteiger partial charge in [0.1, 0.15) is 11.6 Å². The van der Waals surface area contributed by atoms with Crippen molar-refractivity contribution in [2.24, 2.45) is 10.2 Å². The Kier molecular flexibility index (Phi) is 4.01. The molecule has 0 aliphatic rings. The van der Waals surface area contributed by atoms with E-state index in [1.165, 1.54) is 12.1 Å². The van der Waals surface area contributed by atoms with Crippen LogP contribution in [0.4, 0.5) is 15.8 Å². The van der Waals surface area contributed by atoms with Gasteiger partial charge in [-0.15, -0.1) is 5.11 Å². The number of ether oxygens (including phenoxy) is 1. The minimum absolute atomic E-state index is 0.124. The maximum absolute atomic E-state index is 13.0. The number of hydrogen-bond acceptors (Lipinski definition) is 4. The second-order valence-electron chi connectivity index (χ2n) is 4.71. The molecule has 0 saturated heterocycles. The highest BCUT2D eigenvalue weighted by Gasteiger charge is 2.11. The van der Waals surface area contributed by atoms with Crippen molar-refractivity contribution >= 4 is 11.4 Å². The second kappa shape index (κ2) is 6.27. The van der Waals surface area contributed by atoms with E-state index in [1.807, 2.05) is 0 Å². The molecule has 0 atom stereocenters. The molecule has 6 nitrogen and oxygen atoms in total. The van der Waals surface area contributed by atoms with Gasteiger partial charge in [-0.2, -0.15) is 5.11 Å². The number of halogens is 1. The summed E-state index contributed by atoms with van der Waals surface area (Å²) in [6.45, 7) is 0. The normalized spacial score (nSPS) is 11.0. The summed E-state index contributed by atoms with van der Waals surface area (Å²) >= 11 is 0. The van der Waals surface area contributed by atoms with E-state index in [0.717, 1.165) is 0 Å². The number of rotatable bonds is 4. The summed E-state index contributed by atoms with van der Waals surface area (Å²) in [5, 5.41) is 13.3. The summed E-state index contributed by atoms with van der Waals surface area (Å²) in [5.74, 6) is 0.286. The van der Waals surface area contributed by atoms with E-state index in [2.05, 4.69) is 20.4 Å². The van der Waals surface area contributed by atoms with Crippen LogP contribution in [0.25, 0.3) is 11.3 Å². The van der Waals surface area contributed by atoms with E-state index in [4.69, 9.17) is 4.74 Å². The standard InChI is InChI=1S/C16H13FN4O2/c1-23-13-4-2-3-12(9-13)18-20-15-14(19-21-16(15)22)10-5-7-11(17)8-6-10/h2-9H,1H3,(H2,19,21,22). The van der Waals surface area contributed by atoms with Crippen molar-refractivity contribution in [1.82, 2.24) is 10.2 Å². The minimum atomic E-state index is -0.407. The van der Waals surface area contributed by atoms with Crippen LogP contribution in [-0.4, -0.2) is 17.3 Å². The fourth-order valence-electron chi connectivity index (χ4n) is 2.05. The van der Waals surface area contributed by atoms with Gasteiger partial charge in [0.15, 0.2) is 5.69 Å². The highest BCUT2D eigenvalue weighted by Crippen LogP contribution is 2.27. The molecule has 1 aromatic heterocycles. The molecule has 0 bridgehead atoms. The molecule has 2 aromatic carbocycles. The predicted molar refractivity (Wildman–Crippen MR) is 84.0 cm³/mol. The molecule has 3 rings (SSSR count). The third-order valence-electron chi connectivity index (χ3n) is 3.20. The van der Waals surface area contributed by atoms with Gasteiger partial charge in [-0.3, -0.25) is 15.0 Å². The summed E-state index contributed by atoms with van der Waals surface area (Å²) in [7, 11) is 1.56. The van der Waals surface area contributed by atoms with E-state index in [1.54, 1.807) is 43.5 Å². The van der Waals surface area contributed by atoms with Crippen LogP contribution >= 0.6 is 0 Å². The first-order chi connectivity index (χ1) is 11.2.